The van der Waals surface area contributed by atoms with Crippen LogP contribution in [0.15, 0.2) is 0 Å². The number of hydrogen-bond donors (Lipinski definition) is 0. The maximum atomic E-state index is 11.8. The van der Waals surface area contributed by atoms with Crippen LogP contribution in [-0.2, 0) is 9.53 Å². The summed E-state index contributed by atoms with van der Waals surface area (Å²) in [6, 6.07) is 0. The first-order chi connectivity index (χ1) is 7.81. The fraction of sp³-hybridized carbons (Fsp3) is 0.917. The second-order valence-corrected chi connectivity index (χ2v) is 4.83. The van der Waals surface area contributed by atoms with Gasteiger partial charge in [0, 0.05) is 0 Å². The SMILES string of the molecule is CCCOC(=O)CSCCCCCCCF. The van der Waals surface area contributed by atoms with E-state index in [-0.39, 0.29) is 12.6 Å². The summed E-state index contributed by atoms with van der Waals surface area (Å²) in [5.74, 6) is 1.35. The van der Waals surface area contributed by atoms with Gasteiger partial charge in [0.1, 0.15) is 0 Å². The maximum Gasteiger partial charge on any atom is 0.315 e. The van der Waals surface area contributed by atoms with Crippen molar-refractivity contribution in [1.82, 2.24) is 0 Å². The van der Waals surface area contributed by atoms with E-state index in [0.29, 0.717) is 18.8 Å². The first-order valence-electron chi connectivity index (χ1n) is 6.10. The van der Waals surface area contributed by atoms with Gasteiger partial charge in [0.25, 0.3) is 0 Å². The van der Waals surface area contributed by atoms with Crippen molar-refractivity contribution in [2.45, 2.75) is 45.4 Å². The van der Waals surface area contributed by atoms with E-state index < -0.39 is 0 Å². The molecule has 0 aromatic carbocycles. The molecule has 2 nitrogen and oxygen atoms in total. The number of hydrogen-bond acceptors (Lipinski definition) is 3. The van der Waals surface area contributed by atoms with Crippen molar-refractivity contribution in [1.29, 1.82) is 0 Å². The molecule has 0 aromatic rings. The van der Waals surface area contributed by atoms with E-state index in [1.54, 1.807) is 11.8 Å². The summed E-state index contributed by atoms with van der Waals surface area (Å²) in [6.07, 6.45) is 5.90. The number of rotatable bonds is 11. The van der Waals surface area contributed by atoms with Gasteiger partial charge in [-0.15, -0.1) is 0 Å². The van der Waals surface area contributed by atoms with Gasteiger partial charge in [0.05, 0.1) is 19.0 Å². The zero-order valence-electron chi connectivity index (χ0n) is 10.2. The molecule has 0 radical (unpaired) electrons. The summed E-state index contributed by atoms with van der Waals surface area (Å²) in [5, 5.41) is 0. The zero-order valence-corrected chi connectivity index (χ0v) is 11.0. The van der Waals surface area contributed by atoms with Crippen molar-refractivity contribution >= 4 is 17.7 Å². The summed E-state index contributed by atoms with van der Waals surface area (Å²) >= 11 is 1.63. The molecular formula is C12H23FO2S. The lowest BCUT2D eigenvalue weighted by molar-refractivity contribution is -0.140. The van der Waals surface area contributed by atoms with Crippen molar-refractivity contribution in [3.05, 3.63) is 0 Å². The molecule has 0 aromatic heterocycles. The minimum absolute atomic E-state index is 0.107. The van der Waals surface area contributed by atoms with Crippen LogP contribution in [0.1, 0.15) is 45.4 Å². The van der Waals surface area contributed by atoms with E-state index in [0.717, 1.165) is 37.9 Å². The summed E-state index contributed by atoms with van der Waals surface area (Å²) in [7, 11) is 0. The maximum absolute atomic E-state index is 11.8. The Morgan fingerprint density at radius 1 is 1.19 bits per heavy atom. The number of unbranched alkanes of at least 4 members (excludes halogenated alkanes) is 4. The van der Waals surface area contributed by atoms with E-state index in [4.69, 9.17) is 4.74 Å². The molecule has 0 heterocycles. The third kappa shape index (κ3) is 11.8. The molecule has 96 valence electrons. The lowest BCUT2D eigenvalue weighted by Gasteiger charge is -2.03. The second kappa shape index (κ2) is 12.8. The summed E-state index contributed by atoms with van der Waals surface area (Å²) < 4.78 is 16.7. The first-order valence-corrected chi connectivity index (χ1v) is 7.26. The number of carbonyl (C=O) groups excluding carboxylic acids is 1. The van der Waals surface area contributed by atoms with Crippen molar-refractivity contribution in [3.63, 3.8) is 0 Å². The Hall–Kier alpha value is -0.250. The van der Waals surface area contributed by atoms with Gasteiger partial charge in [-0.05, 0) is 25.0 Å². The van der Waals surface area contributed by atoms with Gasteiger partial charge in [-0.3, -0.25) is 9.18 Å². The molecular weight excluding hydrogens is 227 g/mol. The first kappa shape index (κ1) is 15.8. The molecule has 0 amide bonds. The molecule has 0 unspecified atom stereocenters. The minimum atomic E-state index is -0.196. The van der Waals surface area contributed by atoms with Crippen molar-refractivity contribution in [3.8, 4) is 0 Å². The molecule has 0 saturated carbocycles. The number of thioether (sulfide) groups is 1. The summed E-state index contributed by atoms with van der Waals surface area (Å²) in [4.78, 5) is 11.1. The third-order valence-electron chi connectivity index (χ3n) is 2.11. The van der Waals surface area contributed by atoms with Gasteiger partial charge in [-0.2, -0.15) is 11.8 Å². The standard InChI is InChI=1S/C12H23FO2S/c1-2-9-15-12(14)11-16-10-7-5-3-4-6-8-13/h2-11H2,1H3. The van der Waals surface area contributed by atoms with Crippen LogP contribution in [0.3, 0.4) is 0 Å². The van der Waals surface area contributed by atoms with Gasteiger partial charge in [-0.1, -0.05) is 26.2 Å². The number of carbonyl (C=O) groups is 1. The fourth-order valence-electron chi connectivity index (χ4n) is 1.24. The van der Waals surface area contributed by atoms with Gasteiger partial charge < -0.3 is 4.74 Å². The molecule has 0 aliphatic rings. The topological polar surface area (TPSA) is 26.3 Å². The van der Waals surface area contributed by atoms with Crippen LogP contribution >= 0.6 is 11.8 Å². The van der Waals surface area contributed by atoms with Crippen molar-refractivity contribution in [2.75, 3.05) is 24.8 Å². The lowest BCUT2D eigenvalue weighted by Crippen LogP contribution is -2.08. The van der Waals surface area contributed by atoms with Crippen LogP contribution in [0.4, 0.5) is 4.39 Å². The van der Waals surface area contributed by atoms with E-state index in [2.05, 4.69) is 0 Å². The van der Waals surface area contributed by atoms with E-state index in [1.807, 2.05) is 6.92 Å². The Kier molecular flexibility index (Phi) is 12.6. The molecule has 0 spiro atoms. The Balaban J connectivity index is 3.05. The highest BCUT2D eigenvalue weighted by Gasteiger charge is 2.01. The molecule has 0 aliphatic carbocycles. The second-order valence-electron chi connectivity index (χ2n) is 3.73. The molecule has 0 N–H and O–H groups in total. The predicted octanol–water partition coefficient (Wildman–Crippen LogP) is 3.59. The van der Waals surface area contributed by atoms with E-state index in [1.165, 1.54) is 0 Å². The Morgan fingerprint density at radius 2 is 1.88 bits per heavy atom. The minimum Gasteiger partial charge on any atom is -0.465 e. The van der Waals surface area contributed by atoms with Gasteiger partial charge >= 0.3 is 5.97 Å². The molecule has 0 rings (SSSR count). The molecule has 4 heteroatoms. The number of halogens is 1. The highest BCUT2D eigenvalue weighted by molar-refractivity contribution is 7.99. The monoisotopic (exact) mass is 250 g/mol. The number of esters is 1. The van der Waals surface area contributed by atoms with Gasteiger partial charge in [0.15, 0.2) is 0 Å². The highest BCUT2D eigenvalue weighted by atomic mass is 32.2. The van der Waals surface area contributed by atoms with Crippen molar-refractivity contribution < 1.29 is 13.9 Å². The lowest BCUT2D eigenvalue weighted by atomic mass is 10.2. The molecule has 0 atom stereocenters. The number of ether oxygens (including phenoxy) is 1. The molecule has 0 aliphatic heterocycles. The van der Waals surface area contributed by atoms with Crippen LogP contribution in [0, 0.1) is 0 Å². The Bertz CT molecular complexity index is 165. The normalized spacial score (nSPS) is 10.4. The van der Waals surface area contributed by atoms with Crippen molar-refractivity contribution in [2.24, 2.45) is 0 Å². The van der Waals surface area contributed by atoms with Gasteiger partial charge in [0.2, 0.25) is 0 Å². The highest BCUT2D eigenvalue weighted by Crippen LogP contribution is 2.09. The third-order valence-corrected chi connectivity index (χ3v) is 3.13. The summed E-state index contributed by atoms with van der Waals surface area (Å²) in [5.41, 5.74) is 0. The van der Waals surface area contributed by atoms with Gasteiger partial charge in [-0.25, -0.2) is 0 Å². The zero-order chi connectivity index (χ0) is 12.1. The summed E-state index contributed by atoms with van der Waals surface area (Å²) in [6.45, 7) is 2.32. The molecule has 0 bridgehead atoms. The Morgan fingerprint density at radius 3 is 2.56 bits per heavy atom. The largest absolute Gasteiger partial charge is 0.465 e. The molecule has 16 heavy (non-hydrogen) atoms. The Labute approximate surface area is 102 Å². The van der Waals surface area contributed by atoms with Crippen LogP contribution in [0.25, 0.3) is 0 Å². The number of alkyl halides is 1. The smallest absolute Gasteiger partial charge is 0.315 e. The van der Waals surface area contributed by atoms with Crippen LogP contribution < -0.4 is 0 Å². The fourth-order valence-corrected chi connectivity index (χ4v) is 2.04. The molecule has 0 saturated heterocycles. The van der Waals surface area contributed by atoms with Crippen LogP contribution in [-0.4, -0.2) is 30.8 Å². The van der Waals surface area contributed by atoms with E-state index >= 15 is 0 Å². The quantitative estimate of drug-likeness (QED) is 0.414. The van der Waals surface area contributed by atoms with Crippen LogP contribution in [0.5, 0.6) is 0 Å². The van der Waals surface area contributed by atoms with E-state index in [9.17, 15) is 9.18 Å². The average molecular weight is 250 g/mol. The van der Waals surface area contributed by atoms with Crippen LogP contribution in [0.2, 0.25) is 0 Å². The molecule has 0 fully saturated rings. The average Bonchev–Trinajstić information content (AvgIpc) is 2.30. The predicted molar refractivity (Wildman–Crippen MR) is 67.6 cm³/mol.